The van der Waals surface area contributed by atoms with E-state index >= 15 is 0 Å². The Hall–Kier alpha value is -3.15. The number of hydrogen-bond acceptors (Lipinski definition) is 6. The van der Waals surface area contributed by atoms with Gasteiger partial charge >= 0.3 is 0 Å². The summed E-state index contributed by atoms with van der Waals surface area (Å²) in [4.78, 5) is 13.8. The van der Waals surface area contributed by atoms with E-state index in [4.69, 9.17) is 21.1 Å². The predicted octanol–water partition coefficient (Wildman–Crippen LogP) is 1.63. The molecule has 1 aliphatic rings. The number of amides is 1. The van der Waals surface area contributed by atoms with Crippen molar-refractivity contribution in [1.29, 1.82) is 5.41 Å². The largest absolute Gasteiger partial charge is 0.457 e. The van der Waals surface area contributed by atoms with Gasteiger partial charge in [0, 0.05) is 13.1 Å². The van der Waals surface area contributed by atoms with E-state index in [1.54, 1.807) is 22.5 Å². The highest BCUT2D eigenvalue weighted by Gasteiger charge is 2.30. The van der Waals surface area contributed by atoms with Crippen LogP contribution < -0.4 is 20.7 Å². The van der Waals surface area contributed by atoms with Crippen LogP contribution in [0.5, 0.6) is 11.5 Å². The molecular formula is C21H27N5O5S. The summed E-state index contributed by atoms with van der Waals surface area (Å²) >= 11 is 0. The van der Waals surface area contributed by atoms with Gasteiger partial charge in [-0.25, -0.2) is 13.9 Å². The summed E-state index contributed by atoms with van der Waals surface area (Å²) in [7, 11) is -4.02. The molecule has 0 unspecified atom stereocenters. The van der Waals surface area contributed by atoms with Gasteiger partial charge in [-0.3, -0.25) is 15.4 Å². The first-order valence-corrected chi connectivity index (χ1v) is 11.6. The van der Waals surface area contributed by atoms with E-state index in [2.05, 4.69) is 4.72 Å². The van der Waals surface area contributed by atoms with Crippen molar-refractivity contribution in [3.8, 4) is 11.5 Å². The van der Waals surface area contributed by atoms with E-state index in [1.165, 1.54) is 24.3 Å². The number of benzene rings is 2. The van der Waals surface area contributed by atoms with Gasteiger partial charge in [0.1, 0.15) is 17.5 Å². The number of hydroxylamine groups is 1. The normalized spacial score (nSPS) is 15.7. The molecule has 0 spiro atoms. The molecule has 6 N–H and O–H groups in total. The van der Waals surface area contributed by atoms with Crippen LogP contribution in [0.15, 0.2) is 59.5 Å². The van der Waals surface area contributed by atoms with Crippen molar-refractivity contribution in [2.75, 3.05) is 13.1 Å². The van der Waals surface area contributed by atoms with Crippen molar-refractivity contribution < 1.29 is 23.2 Å². The minimum absolute atomic E-state index is 0.00602. The van der Waals surface area contributed by atoms with Crippen molar-refractivity contribution in [3.63, 3.8) is 0 Å². The van der Waals surface area contributed by atoms with Crippen LogP contribution in [0.2, 0.25) is 0 Å². The second-order valence-electron chi connectivity index (χ2n) is 7.59. The summed E-state index contributed by atoms with van der Waals surface area (Å²) < 4.78 is 33.8. The summed E-state index contributed by atoms with van der Waals surface area (Å²) in [5.41, 5.74) is 7.04. The van der Waals surface area contributed by atoms with Crippen LogP contribution >= 0.6 is 0 Å². The average molecular weight is 462 g/mol. The van der Waals surface area contributed by atoms with Gasteiger partial charge in [-0.05, 0) is 61.6 Å². The number of nitrogens with two attached hydrogens (primary N) is 1. The summed E-state index contributed by atoms with van der Waals surface area (Å²) in [5.74, 6) is 0.297. The summed E-state index contributed by atoms with van der Waals surface area (Å²) in [5, 5.41) is 16.6. The van der Waals surface area contributed by atoms with Gasteiger partial charge in [-0.15, -0.1) is 0 Å². The Morgan fingerprint density at radius 3 is 2.28 bits per heavy atom. The molecule has 1 fully saturated rings. The second-order valence-corrected chi connectivity index (χ2v) is 9.30. The molecule has 0 aliphatic carbocycles. The molecular weight excluding hydrogens is 434 g/mol. The number of carbonyl (C=O) groups excluding carboxylic acids is 1. The third-order valence-corrected chi connectivity index (χ3v) is 6.85. The monoisotopic (exact) mass is 461 g/mol. The van der Waals surface area contributed by atoms with Crippen LogP contribution in [0.3, 0.4) is 0 Å². The predicted molar refractivity (Wildman–Crippen MR) is 118 cm³/mol. The van der Waals surface area contributed by atoms with Crippen LogP contribution in [-0.4, -0.2) is 49.5 Å². The number of nitrogens with one attached hydrogen (secondary N) is 3. The minimum Gasteiger partial charge on any atom is -0.457 e. The molecule has 172 valence electrons. The maximum Gasteiger partial charge on any atom is 0.261 e. The summed E-state index contributed by atoms with van der Waals surface area (Å²) in [6.45, 7) is 1.12. The summed E-state index contributed by atoms with van der Waals surface area (Å²) in [6, 6.07) is 13.8. The fourth-order valence-electron chi connectivity index (χ4n) is 3.60. The van der Waals surface area contributed by atoms with E-state index in [0.29, 0.717) is 37.4 Å². The van der Waals surface area contributed by atoms with Crippen molar-refractivity contribution >= 4 is 21.9 Å². The molecule has 0 radical (unpaired) electrons. The lowest BCUT2D eigenvalue weighted by molar-refractivity contribution is -0.131. The van der Waals surface area contributed by atoms with Crippen molar-refractivity contribution in [1.82, 2.24) is 15.1 Å². The molecule has 11 heteroatoms. The molecule has 10 nitrogen and oxygen atoms in total. The number of ether oxygens (including phenoxy) is 1. The quantitative estimate of drug-likeness (QED) is 0.173. The van der Waals surface area contributed by atoms with Crippen LogP contribution in [0, 0.1) is 11.3 Å². The Morgan fingerprint density at radius 1 is 1.12 bits per heavy atom. The Kier molecular flexibility index (Phi) is 7.67. The van der Waals surface area contributed by atoms with E-state index in [1.807, 2.05) is 18.2 Å². The van der Waals surface area contributed by atoms with E-state index in [-0.39, 0.29) is 23.2 Å². The third kappa shape index (κ3) is 6.19. The lowest BCUT2D eigenvalue weighted by Gasteiger charge is -2.33. The number of likely N-dealkylation sites (tertiary alicyclic amines) is 1. The van der Waals surface area contributed by atoms with Gasteiger partial charge in [0.15, 0.2) is 5.96 Å². The number of hydrogen-bond donors (Lipinski definition) is 5. The van der Waals surface area contributed by atoms with Crippen LogP contribution in [0.4, 0.5) is 0 Å². The van der Waals surface area contributed by atoms with Gasteiger partial charge < -0.3 is 15.4 Å². The molecule has 1 amide bonds. The minimum atomic E-state index is -4.02. The zero-order valence-electron chi connectivity index (χ0n) is 17.4. The lowest BCUT2D eigenvalue weighted by atomic mass is 9.90. The molecule has 1 atom stereocenters. The molecule has 32 heavy (non-hydrogen) atoms. The third-order valence-electron chi connectivity index (χ3n) is 5.36. The number of carbonyl (C=O) groups is 1. The first kappa shape index (κ1) is 23.5. The number of rotatable bonds is 8. The first-order chi connectivity index (χ1) is 15.3. The second kappa shape index (κ2) is 10.4. The Morgan fingerprint density at radius 2 is 1.72 bits per heavy atom. The molecule has 1 aliphatic heterocycles. The maximum absolute atomic E-state index is 12.8. The highest BCUT2D eigenvalue weighted by molar-refractivity contribution is 7.89. The van der Waals surface area contributed by atoms with Crippen LogP contribution in [0.25, 0.3) is 0 Å². The van der Waals surface area contributed by atoms with E-state index in [9.17, 15) is 13.2 Å². The number of guanidine groups is 1. The maximum atomic E-state index is 12.8. The Balaban J connectivity index is 1.66. The zero-order valence-corrected chi connectivity index (χ0v) is 18.2. The van der Waals surface area contributed by atoms with Crippen molar-refractivity contribution in [2.45, 2.75) is 30.2 Å². The lowest BCUT2D eigenvalue weighted by Crippen LogP contribution is -2.48. The molecule has 0 saturated carbocycles. The highest BCUT2D eigenvalue weighted by Crippen LogP contribution is 2.25. The zero-order chi connectivity index (χ0) is 23.1. The van der Waals surface area contributed by atoms with Crippen molar-refractivity contribution in [2.24, 2.45) is 11.7 Å². The molecule has 1 saturated heterocycles. The topological polar surface area (TPSA) is 158 Å². The van der Waals surface area contributed by atoms with E-state index in [0.717, 1.165) is 0 Å². The van der Waals surface area contributed by atoms with Gasteiger partial charge in [-0.2, -0.15) is 4.72 Å². The Labute approximate surface area is 186 Å². The number of nitrogens with zero attached hydrogens (tertiary/aromatic N) is 1. The van der Waals surface area contributed by atoms with E-state index < -0.39 is 22.0 Å². The molecule has 3 rings (SSSR count). The molecule has 0 bridgehead atoms. The first-order valence-electron chi connectivity index (χ1n) is 10.2. The van der Waals surface area contributed by atoms with Gasteiger partial charge in [0.05, 0.1) is 4.90 Å². The highest BCUT2D eigenvalue weighted by atomic mass is 32.2. The van der Waals surface area contributed by atoms with Gasteiger partial charge in [-0.1, -0.05) is 18.2 Å². The SMILES string of the molecule is N=C(N)N1CCC(C[C@H](NS(=O)(=O)c2ccc(Oc3ccccc3)cc2)C(=O)NO)CC1. The number of piperidine rings is 1. The number of para-hydroxylation sites is 1. The standard InChI is InChI=1S/C21H27N5O5S/c22-21(23)26-12-10-15(11-13-26)14-19(20(27)24-28)25-32(29,30)18-8-6-17(7-9-18)31-16-4-2-1-3-5-16/h1-9,15,19,25,28H,10-14H2,(H3,22,23)(H,24,27)/t19-/m0/s1. The van der Waals surface area contributed by atoms with Crippen LogP contribution in [-0.2, 0) is 14.8 Å². The molecule has 1 heterocycles. The molecule has 0 aromatic heterocycles. The average Bonchev–Trinajstić information content (AvgIpc) is 2.79. The van der Waals surface area contributed by atoms with Gasteiger partial charge in [0.2, 0.25) is 10.0 Å². The van der Waals surface area contributed by atoms with Crippen molar-refractivity contribution in [3.05, 3.63) is 54.6 Å². The smallest absolute Gasteiger partial charge is 0.261 e. The summed E-state index contributed by atoms with van der Waals surface area (Å²) in [6.07, 6.45) is 1.52. The fraction of sp³-hybridized carbons (Fsp3) is 0.333. The number of sulfonamides is 1. The van der Waals surface area contributed by atoms with Crippen LogP contribution in [0.1, 0.15) is 19.3 Å². The molecule has 2 aromatic rings. The fourth-order valence-corrected chi connectivity index (χ4v) is 4.80. The molecule has 2 aromatic carbocycles. The van der Waals surface area contributed by atoms with Gasteiger partial charge in [0.25, 0.3) is 5.91 Å². The Bertz CT molecular complexity index is 1020.